The SMILES string of the molecule is COc1ccc(C2CC(C(=O)Nc3ccc(Cl)cc3C)NN2)c(OC)c1. The molecule has 1 aliphatic heterocycles. The van der Waals surface area contributed by atoms with Gasteiger partial charge in [0, 0.05) is 22.3 Å². The molecule has 7 heteroatoms. The van der Waals surface area contributed by atoms with E-state index in [1.807, 2.05) is 37.3 Å². The summed E-state index contributed by atoms with van der Waals surface area (Å²) in [5, 5.41) is 3.59. The number of nitrogens with one attached hydrogen (secondary N) is 3. The molecular formula is C19H22ClN3O3. The number of hydrogen-bond acceptors (Lipinski definition) is 5. The zero-order valence-corrected chi connectivity index (χ0v) is 15.7. The zero-order valence-electron chi connectivity index (χ0n) is 14.9. The van der Waals surface area contributed by atoms with Crippen molar-refractivity contribution in [1.82, 2.24) is 10.9 Å². The molecule has 1 aliphatic rings. The Hall–Kier alpha value is -2.28. The molecule has 1 amide bonds. The van der Waals surface area contributed by atoms with E-state index in [1.165, 1.54) is 0 Å². The standard InChI is InChI=1S/C19H22ClN3O3/c1-11-8-12(20)4-7-15(11)21-19(24)17-10-16(22-23-17)14-6-5-13(25-2)9-18(14)26-3/h4-9,16-17,22-23H,10H2,1-3H3,(H,21,24). The second-order valence-corrected chi connectivity index (χ2v) is 6.62. The van der Waals surface area contributed by atoms with Crippen LogP contribution in [0.5, 0.6) is 11.5 Å². The van der Waals surface area contributed by atoms with Gasteiger partial charge in [0.2, 0.25) is 5.91 Å². The van der Waals surface area contributed by atoms with Crippen molar-refractivity contribution in [2.24, 2.45) is 0 Å². The number of anilines is 1. The molecule has 0 bridgehead atoms. The van der Waals surface area contributed by atoms with E-state index in [-0.39, 0.29) is 18.0 Å². The van der Waals surface area contributed by atoms with E-state index in [4.69, 9.17) is 21.1 Å². The number of halogens is 1. The number of aryl methyl sites for hydroxylation is 1. The molecule has 2 unspecified atom stereocenters. The molecule has 0 saturated carbocycles. The van der Waals surface area contributed by atoms with Crippen LogP contribution in [0.2, 0.25) is 5.02 Å². The van der Waals surface area contributed by atoms with Crippen molar-refractivity contribution in [3.8, 4) is 11.5 Å². The van der Waals surface area contributed by atoms with Crippen molar-refractivity contribution in [2.75, 3.05) is 19.5 Å². The van der Waals surface area contributed by atoms with Crippen LogP contribution < -0.4 is 25.6 Å². The van der Waals surface area contributed by atoms with Crippen molar-refractivity contribution >= 4 is 23.2 Å². The highest BCUT2D eigenvalue weighted by molar-refractivity contribution is 6.30. The Kier molecular flexibility index (Phi) is 5.66. The number of methoxy groups -OCH3 is 2. The van der Waals surface area contributed by atoms with Crippen molar-refractivity contribution < 1.29 is 14.3 Å². The van der Waals surface area contributed by atoms with Gasteiger partial charge >= 0.3 is 0 Å². The number of ether oxygens (including phenoxy) is 2. The summed E-state index contributed by atoms with van der Waals surface area (Å²) in [6.45, 7) is 1.91. The van der Waals surface area contributed by atoms with Crippen molar-refractivity contribution in [1.29, 1.82) is 0 Å². The van der Waals surface area contributed by atoms with Gasteiger partial charge in [0.15, 0.2) is 0 Å². The molecule has 1 heterocycles. The fourth-order valence-electron chi connectivity index (χ4n) is 3.03. The fourth-order valence-corrected chi connectivity index (χ4v) is 3.25. The van der Waals surface area contributed by atoms with Gasteiger partial charge in [-0.15, -0.1) is 0 Å². The Morgan fingerprint density at radius 1 is 1.15 bits per heavy atom. The summed E-state index contributed by atoms with van der Waals surface area (Å²) >= 11 is 5.96. The molecule has 2 aromatic rings. The molecule has 2 aromatic carbocycles. The van der Waals surface area contributed by atoms with Crippen LogP contribution in [0.1, 0.15) is 23.6 Å². The van der Waals surface area contributed by atoms with Gasteiger partial charge < -0.3 is 14.8 Å². The third-order valence-electron chi connectivity index (χ3n) is 4.48. The maximum absolute atomic E-state index is 12.6. The third-order valence-corrected chi connectivity index (χ3v) is 4.72. The highest BCUT2D eigenvalue weighted by Crippen LogP contribution is 2.33. The van der Waals surface area contributed by atoms with Crippen LogP contribution >= 0.6 is 11.6 Å². The molecule has 0 radical (unpaired) electrons. The number of hydrogen-bond donors (Lipinski definition) is 3. The van der Waals surface area contributed by atoms with Gasteiger partial charge in [-0.3, -0.25) is 4.79 Å². The number of rotatable bonds is 5. The van der Waals surface area contributed by atoms with E-state index in [2.05, 4.69) is 16.2 Å². The fraction of sp³-hybridized carbons (Fsp3) is 0.316. The quantitative estimate of drug-likeness (QED) is 0.748. The minimum Gasteiger partial charge on any atom is -0.497 e. The predicted octanol–water partition coefficient (Wildman–Crippen LogP) is 3.21. The number of benzene rings is 2. The molecule has 26 heavy (non-hydrogen) atoms. The molecule has 3 N–H and O–H groups in total. The minimum absolute atomic E-state index is 0.0436. The van der Waals surface area contributed by atoms with Gasteiger partial charge in [0.1, 0.15) is 17.5 Å². The summed E-state index contributed by atoms with van der Waals surface area (Å²) in [4.78, 5) is 12.6. The van der Waals surface area contributed by atoms with Crippen LogP contribution in [0.4, 0.5) is 5.69 Å². The molecule has 0 aliphatic carbocycles. The lowest BCUT2D eigenvalue weighted by molar-refractivity contribution is -0.117. The van der Waals surface area contributed by atoms with Gasteiger partial charge in [-0.25, -0.2) is 10.9 Å². The van der Waals surface area contributed by atoms with Crippen LogP contribution in [0.3, 0.4) is 0 Å². The van der Waals surface area contributed by atoms with Gasteiger partial charge in [0.25, 0.3) is 0 Å². The highest BCUT2D eigenvalue weighted by Gasteiger charge is 2.32. The number of carbonyl (C=O) groups is 1. The summed E-state index contributed by atoms with van der Waals surface area (Å²) in [7, 11) is 3.23. The minimum atomic E-state index is -0.359. The van der Waals surface area contributed by atoms with Crippen LogP contribution in [0.15, 0.2) is 36.4 Å². The van der Waals surface area contributed by atoms with Crippen molar-refractivity contribution in [3.05, 3.63) is 52.5 Å². The van der Waals surface area contributed by atoms with Gasteiger partial charge in [0.05, 0.1) is 20.3 Å². The lowest BCUT2D eigenvalue weighted by Crippen LogP contribution is -2.39. The Morgan fingerprint density at radius 2 is 1.96 bits per heavy atom. The summed E-state index contributed by atoms with van der Waals surface area (Å²) < 4.78 is 10.7. The van der Waals surface area contributed by atoms with E-state index < -0.39 is 0 Å². The Labute approximate surface area is 157 Å². The lowest BCUT2D eigenvalue weighted by Gasteiger charge is -2.15. The van der Waals surface area contributed by atoms with E-state index >= 15 is 0 Å². The lowest BCUT2D eigenvalue weighted by atomic mass is 10.0. The van der Waals surface area contributed by atoms with E-state index in [9.17, 15) is 4.79 Å². The van der Waals surface area contributed by atoms with Crippen LogP contribution in [-0.2, 0) is 4.79 Å². The van der Waals surface area contributed by atoms with Gasteiger partial charge in [-0.1, -0.05) is 17.7 Å². The molecule has 6 nitrogen and oxygen atoms in total. The molecule has 1 fully saturated rings. The van der Waals surface area contributed by atoms with Crippen LogP contribution in [-0.4, -0.2) is 26.2 Å². The van der Waals surface area contributed by atoms with Crippen LogP contribution in [0, 0.1) is 6.92 Å². The summed E-state index contributed by atoms with van der Waals surface area (Å²) in [5.41, 5.74) is 8.88. The number of hydrazine groups is 1. The van der Waals surface area contributed by atoms with Crippen LogP contribution in [0.25, 0.3) is 0 Å². The summed E-state index contributed by atoms with van der Waals surface area (Å²) in [6, 6.07) is 10.6. The van der Waals surface area contributed by atoms with Gasteiger partial charge in [-0.05, 0) is 43.2 Å². The first-order valence-corrected chi connectivity index (χ1v) is 8.69. The maximum Gasteiger partial charge on any atom is 0.242 e. The largest absolute Gasteiger partial charge is 0.497 e. The predicted molar refractivity (Wildman–Crippen MR) is 102 cm³/mol. The van der Waals surface area contributed by atoms with E-state index in [0.29, 0.717) is 11.4 Å². The topological polar surface area (TPSA) is 71.6 Å². The Balaban J connectivity index is 1.69. The maximum atomic E-state index is 12.6. The van der Waals surface area contributed by atoms with Crippen molar-refractivity contribution in [3.63, 3.8) is 0 Å². The molecule has 0 aromatic heterocycles. The monoisotopic (exact) mass is 375 g/mol. The molecular weight excluding hydrogens is 354 g/mol. The average molecular weight is 376 g/mol. The summed E-state index contributed by atoms with van der Waals surface area (Å²) in [5.74, 6) is 1.35. The van der Waals surface area contributed by atoms with E-state index in [1.54, 1.807) is 20.3 Å². The average Bonchev–Trinajstić information content (AvgIpc) is 3.13. The third kappa shape index (κ3) is 3.93. The number of amides is 1. The smallest absolute Gasteiger partial charge is 0.242 e. The second-order valence-electron chi connectivity index (χ2n) is 6.19. The molecule has 1 saturated heterocycles. The number of carbonyl (C=O) groups excluding carboxylic acids is 1. The first-order valence-electron chi connectivity index (χ1n) is 8.32. The van der Waals surface area contributed by atoms with E-state index in [0.717, 1.165) is 28.3 Å². The Bertz CT molecular complexity index is 813. The van der Waals surface area contributed by atoms with Gasteiger partial charge in [-0.2, -0.15) is 0 Å². The molecule has 138 valence electrons. The molecule has 0 spiro atoms. The zero-order chi connectivity index (χ0) is 18.7. The molecule has 2 atom stereocenters. The summed E-state index contributed by atoms with van der Waals surface area (Å²) in [6.07, 6.45) is 0.598. The normalized spacial score (nSPS) is 19.2. The first-order chi connectivity index (χ1) is 12.5. The highest BCUT2D eigenvalue weighted by atomic mass is 35.5. The first kappa shape index (κ1) is 18.5. The van der Waals surface area contributed by atoms with Crippen molar-refractivity contribution in [2.45, 2.75) is 25.4 Å². The Morgan fingerprint density at radius 3 is 2.65 bits per heavy atom. The molecule has 3 rings (SSSR count). The second kappa shape index (κ2) is 7.95.